The van der Waals surface area contributed by atoms with Crippen molar-refractivity contribution in [3.8, 4) is 0 Å². The largest absolute Gasteiger partial charge is 0.0879 e. The maximum absolute atomic E-state index is 2.53. The average Bonchev–Trinajstić information content (AvgIpc) is 2.53. The van der Waals surface area contributed by atoms with Gasteiger partial charge >= 0.3 is 0 Å². The topological polar surface area (TPSA) is 0 Å². The number of hydrogen-bond donors (Lipinski definition) is 0. The van der Waals surface area contributed by atoms with Gasteiger partial charge < -0.3 is 0 Å². The zero-order chi connectivity index (χ0) is 7.76. The first-order chi connectivity index (χ1) is 5.91. The maximum Gasteiger partial charge on any atom is -0.0165 e. The van der Waals surface area contributed by atoms with Gasteiger partial charge in [-0.25, -0.2) is 0 Å². The molecule has 5 unspecified atom stereocenters. The van der Waals surface area contributed by atoms with Gasteiger partial charge in [0.25, 0.3) is 0 Å². The molecule has 0 aromatic heterocycles. The molecule has 0 heteroatoms. The van der Waals surface area contributed by atoms with Crippen molar-refractivity contribution in [2.75, 3.05) is 0 Å². The Kier molecular flexibility index (Phi) is 0.865. The fraction of sp³-hybridized carbons (Fsp3) is 0.833. The molecule has 64 valence electrons. The third-order valence-electron chi connectivity index (χ3n) is 5.35. The van der Waals surface area contributed by atoms with Gasteiger partial charge in [-0.05, 0) is 61.2 Å². The van der Waals surface area contributed by atoms with Gasteiger partial charge in [-0.3, -0.25) is 0 Å². The lowest BCUT2D eigenvalue weighted by atomic mass is 9.71. The fourth-order valence-corrected chi connectivity index (χ4v) is 4.88. The van der Waals surface area contributed by atoms with E-state index in [1.54, 1.807) is 25.7 Å². The molecule has 0 aromatic carbocycles. The minimum absolute atomic E-state index is 0.887. The Balaban J connectivity index is 1.85. The van der Waals surface area contributed by atoms with E-state index >= 15 is 0 Å². The standard InChI is InChI=1S/C12H16/c1-2-10-7-12(10)9-5-4-8(6-9)11(12)3-1/h1-2,8-11H,3-7H2. The molecule has 3 saturated carbocycles. The molecule has 0 aliphatic heterocycles. The van der Waals surface area contributed by atoms with Crippen LogP contribution in [0.3, 0.4) is 0 Å². The van der Waals surface area contributed by atoms with Crippen LogP contribution in [0.2, 0.25) is 0 Å². The van der Waals surface area contributed by atoms with Crippen LogP contribution in [-0.4, -0.2) is 0 Å². The summed E-state index contributed by atoms with van der Waals surface area (Å²) in [4.78, 5) is 0. The van der Waals surface area contributed by atoms with Gasteiger partial charge in [0.1, 0.15) is 0 Å². The highest BCUT2D eigenvalue weighted by molar-refractivity contribution is 5.26. The Bertz CT molecular complexity index is 265. The lowest BCUT2D eigenvalue weighted by molar-refractivity contribution is 0.180. The van der Waals surface area contributed by atoms with Crippen molar-refractivity contribution in [3.05, 3.63) is 12.2 Å². The average molecular weight is 160 g/mol. The second-order valence-electron chi connectivity index (χ2n) is 5.46. The molecule has 12 heavy (non-hydrogen) atoms. The number of fused-ring (bicyclic) bond motifs is 3. The summed E-state index contributed by atoms with van der Waals surface area (Å²) in [5.74, 6) is 4.46. The molecule has 4 aliphatic carbocycles. The normalized spacial score (nSPS) is 64.7. The van der Waals surface area contributed by atoms with E-state index in [1.807, 2.05) is 0 Å². The molecule has 0 N–H and O–H groups in total. The Morgan fingerprint density at radius 1 is 1.25 bits per heavy atom. The monoisotopic (exact) mass is 160 g/mol. The molecular formula is C12H16. The van der Waals surface area contributed by atoms with Crippen LogP contribution in [0.4, 0.5) is 0 Å². The molecule has 0 nitrogen and oxygen atoms in total. The van der Waals surface area contributed by atoms with Crippen molar-refractivity contribution >= 4 is 0 Å². The lowest BCUT2D eigenvalue weighted by Crippen LogP contribution is -2.26. The predicted molar refractivity (Wildman–Crippen MR) is 48.6 cm³/mol. The molecule has 0 aromatic rings. The van der Waals surface area contributed by atoms with Gasteiger partial charge in [-0.2, -0.15) is 0 Å². The van der Waals surface area contributed by atoms with Gasteiger partial charge in [0.2, 0.25) is 0 Å². The molecule has 4 aliphatic rings. The lowest BCUT2D eigenvalue weighted by Gasteiger charge is -2.33. The van der Waals surface area contributed by atoms with Crippen molar-refractivity contribution in [2.45, 2.75) is 32.1 Å². The predicted octanol–water partition coefficient (Wildman–Crippen LogP) is 3.00. The van der Waals surface area contributed by atoms with Crippen molar-refractivity contribution in [1.29, 1.82) is 0 Å². The number of rotatable bonds is 0. The first-order valence-corrected chi connectivity index (χ1v) is 5.58. The molecule has 0 amide bonds. The fourth-order valence-electron chi connectivity index (χ4n) is 4.88. The molecule has 5 atom stereocenters. The molecular weight excluding hydrogens is 144 g/mol. The van der Waals surface area contributed by atoms with Crippen LogP contribution in [0.25, 0.3) is 0 Å². The highest BCUT2D eigenvalue weighted by atomic mass is 14.7. The molecule has 3 fully saturated rings. The van der Waals surface area contributed by atoms with E-state index < -0.39 is 0 Å². The van der Waals surface area contributed by atoms with Gasteiger partial charge in [0.15, 0.2) is 0 Å². The third kappa shape index (κ3) is 0.471. The summed E-state index contributed by atoms with van der Waals surface area (Å²) in [7, 11) is 0. The van der Waals surface area contributed by atoms with E-state index in [9.17, 15) is 0 Å². The van der Waals surface area contributed by atoms with E-state index in [4.69, 9.17) is 0 Å². The summed E-state index contributed by atoms with van der Waals surface area (Å²) < 4.78 is 0. The zero-order valence-corrected chi connectivity index (χ0v) is 7.50. The van der Waals surface area contributed by atoms with Crippen molar-refractivity contribution < 1.29 is 0 Å². The minimum atomic E-state index is 0.887. The zero-order valence-electron chi connectivity index (χ0n) is 7.50. The molecule has 1 spiro atoms. The second kappa shape index (κ2) is 1.66. The van der Waals surface area contributed by atoms with E-state index in [0.29, 0.717) is 0 Å². The molecule has 0 heterocycles. The second-order valence-corrected chi connectivity index (χ2v) is 5.46. The minimum Gasteiger partial charge on any atom is -0.0879 e. The van der Waals surface area contributed by atoms with E-state index in [-0.39, 0.29) is 0 Å². The Hall–Kier alpha value is -0.260. The smallest absolute Gasteiger partial charge is 0.0165 e. The Morgan fingerprint density at radius 2 is 2.25 bits per heavy atom. The number of allylic oxidation sites excluding steroid dienone is 2. The molecule has 4 rings (SSSR count). The number of hydrogen-bond acceptors (Lipinski definition) is 0. The molecule has 0 radical (unpaired) electrons. The van der Waals surface area contributed by atoms with Gasteiger partial charge in [0, 0.05) is 0 Å². The summed E-state index contributed by atoms with van der Waals surface area (Å²) in [5, 5.41) is 0. The Labute approximate surface area is 74.0 Å². The quantitative estimate of drug-likeness (QED) is 0.478. The van der Waals surface area contributed by atoms with Crippen molar-refractivity contribution in [1.82, 2.24) is 0 Å². The summed E-state index contributed by atoms with van der Waals surface area (Å²) in [6.45, 7) is 0. The first-order valence-electron chi connectivity index (χ1n) is 5.58. The van der Waals surface area contributed by atoms with Crippen molar-refractivity contribution in [2.24, 2.45) is 29.1 Å². The van der Waals surface area contributed by atoms with Crippen LogP contribution in [0.5, 0.6) is 0 Å². The highest BCUT2D eigenvalue weighted by Gasteiger charge is 2.69. The van der Waals surface area contributed by atoms with E-state index in [2.05, 4.69) is 12.2 Å². The summed E-state index contributed by atoms with van der Waals surface area (Å²) in [5.41, 5.74) is 0.887. The highest BCUT2D eigenvalue weighted by Crippen LogP contribution is 2.76. The van der Waals surface area contributed by atoms with E-state index in [1.165, 1.54) is 6.42 Å². The Morgan fingerprint density at radius 3 is 3.17 bits per heavy atom. The first kappa shape index (κ1) is 6.23. The van der Waals surface area contributed by atoms with Gasteiger partial charge in [-0.1, -0.05) is 12.2 Å². The summed E-state index contributed by atoms with van der Waals surface area (Å²) in [6.07, 6.45) is 12.7. The maximum atomic E-state index is 2.53. The van der Waals surface area contributed by atoms with Crippen molar-refractivity contribution in [3.63, 3.8) is 0 Å². The van der Waals surface area contributed by atoms with Crippen LogP contribution < -0.4 is 0 Å². The summed E-state index contributed by atoms with van der Waals surface area (Å²) in [6, 6.07) is 0. The van der Waals surface area contributed by atoms with Crippen LogP contribution in [0.1, 0.15) is 32.1 Å². The SMILES string of the molecule is C1=CC2CC23C2CCC(C2)C3C1. The van der Waals surface area contributed by atoms with E-state index in [0.717, 1.165) is 29.1 Å². The van der Waals surface area contributed by atoms with Gasteiger partial charge in [0.05, 0.1) is 0 Å². The van der Waals surface area contributed by atoms with Gasteiger partial charge in [-0.15, -0.1) is 0 Å². The third-order valence-corrected chi connectivity index (χ3v) is 5.35. The van der Waals surface area contributed by atoms with Crippen LogP contribution in [0.15, 0.2) is 12.2 Å². The van der Waals surface area contributed by atoms with Crippen LogP contribution >= 0.6 is 0 Å². The molecule has 0 saturated heterocycles. The van der Waals surface area contributed by atoms with Crippen LogP contribution in [0, 0.1) is 29.1 Å². The van der Waals surface area contributed by atoms with Crippen LogP contribution in [-0.2, 0) is 0 Å². The summed E-state index contributed by atoms with van der Waals surface area (Å²) >= 11 is 0. The molecule has 2 bridgehead atoms.